The van der Waals surface area contributed by atoms with Crippen LogP contribution in [0.2, 0.25) is 0 Å². The summed E-state index contributed by atoms with van der Waals surface area (Å²) < 4.78 is 16.0. The molecule has 3 rings (SSSR count). The van der Waals surface area contributed by atoms with Gasteiger partial charge in [0.1, 0.15) is 22.6 Å². The molecule has 28 heavy (non-hydrogen) atoms. The molecule has 0 aromatic heterocycles. The molecule has 3 aromatic carbocycles. The fourth-order valence-corrected chi connectivity index (χ4v) is 2.68. The minimum atomic E-state index is -0.609. The lowest BCUT2D eigenvalue weighted by Crippen LogP contribution is -2.14. The molecule has 0 aliphatic carbocycles. The van der Waals surface area contributed by atoms with Crippen molar-refractivity contribution in [2.75, 3.05) is 13.7 Å². The first-order chi connectivity index (χ1) is 13.7. The second kappa shape index (κ2) is 9.37. The highest BCUT2D eigenvalue weighted by molar-refractivity contribution is 5.97. The lowest BCUT2D eigenvalue weighted by molar-refractivity contribution is 0.0504. The molecule has 0 fully saturated rings. The lowest BCUT2D eigenvalue weighted by Gasteiger charge is -2.11. The largest absolute Gasteiger partial charge is 0.496 e. The smallest absolute Gasteiger partial charge is 0.347 e. The van der Waals surface area contributed by atoms with E-state index in [2.05, 4.69) is 0 Å². The Morgan fingerprint density at radius 1 is 0.714 bits per heavy atom. The van der Waals surface area contributed by atoms with E-state index >= 15 is 0 Å². The van der Waals surface area contributed by atoms with Gasteiger partial charge < -0.3 is 14.2 Å². The van der Waals surface area contributed by atoms with Crippen LogP contribution >= 0.6 is 0 Å². The molecule has 0 aliphatic heterocycles. The third-order valence-corrected chi connectivity index (χ3v) is 4.10. The van der Waals surface area contributed by atoms with Crippen LogP contribution in [0.3, 0.4) is 0 Å². The van der Waals surface area contributed by atoms with E-state index in [1.54, 1.807) is 48.5 Å². The Morgan fingerprint density at radius 2 is 1.29 bits per heavy atom. The molecular formula is C23H20O5. The zero-order valence-electron chi connectivity index (χ0n) is 15.5. The number of ether oxygens (including phenoxy) is 3. The highest BCUT2D eigenvalue weighted by atomic mass is 16.5. The summed E-state index contributed by atoms with van der Waals surface area (Å²) >= 11 is 0. The molecule has 0 saturated heterocycles. The Balaban J connectivity index is 1.68. The molecule has 0 spiro atoms. The topological polar surface area (TPSA) is 61.8 Å². The van der Waals surface area contributed by atoms with Gasteiger partial charge in [-0.3, -0.25) is 0 Å². The molecule has 0 amide bonds. The van der Waals surface area contributed by atoms with Crippen molar-refractivity contribution >= 4 is 11.9 Å². The zero-order chi connectivity index (χ0) is 19.8. The number of carbonyl (C=O) groups excluding carboxylic acids is 2. The molecule has 3 aromatic rings. The molecule has 0 radical (unpaired) electrons. The minimum Gasteiger partial charge on any atom is -0.496 e. The molecule has 0 heterocycles. The number of esters is 2. The van der Waals surface area contributed by atoms with Gasteiger partial charge in [0.25, 0.3) is 0 Å². The predicted molar refractivity (Wildman–Crippen MR) is 105 cm³/mol. The Hall–Kier alpha value is -3.60. The number of methoxy groups -OCH3 is 1. The number of para-hydroxylation sites is 2. The average molecular weight is 376 g/mol. The fraction of sp³-hybridized carbons (Fsp3) is 0.130. The van der Waals surface area contributed by atoms with Crippen molar-refractivity contribution in [2.45, 2.75) is 6.42 Å². The van der Waals surface area contributed by atoms with E-state index in [1.807, 2.05) is 30.3 Å². The number of hydrogen-bond acceptors (Lipinski definition) is 5. The van der Waals surface area contributed by atoms with Gasteiger partial charge in [0, 0.05) is 6.42 Å². The van der Waals surface area contributed by atoms with Crippen LogP contribution in [-0.4, -0.2) is 25.7 Å². The molecule has 142 valence electrons. The molecule has 0 unspecified atom stereocenters. The Kier molecular flexibility index (Phi) is 6.41. The normalized spacial score (nSPS) is 10.2. The van der Waals surface area contributed by atoms with Crippen LogP contribution in [0.25, 0.3) is 0 Å². The van der Waals surface area contributed by atoms with Crippen LogP contribution in [0, 0.1) is 0 Å². The van der Waals surface area contributed by atoms with Crippen LogP contribution in [-0.2, 0) is 11.2 Å². The van der Waals surface area contributed by atoms with E-state index in [4.69, 9.17) is 14.2 Å². The summed E-state index contributed by atoms with van der Waals surface area (Å²) in [5, 5.41) is 0. The van der Waals surface area contributed by atoms with Crippen molar-refractivity contribution in [3.05, 3.63) is 95.6 Å². The number of benzene rings is 3. The summed E-state index contributed by atoms with van der Waals surface area (Å²) in [6.07, 6.45) is 0.607. The van der Waals surface area contributed by atoms with E-state index in [1.165, 1.54) is 7.11 Å². The van der Waals surface area contributed by atoms with Gasteiger partial charge in [-0.25, -0.2) is 9.59 Å². The monoisotopic (exact) mass is 376 g/mol. The maximum Gasteiger partial charge on any atom is 0.347 e. The van der Waals surface area contributed by atoms with Gasteiger partial charge >= 0.3 is 11.9 Å². The Morgan fingerprint density at radius 3 is 1.96 bits per heavy atom. The van der Waals surface area contributed by atoms with E-state index in [-0.39, 0.29) is 23.5 Å². The summed E-state index contributed by atoms with van der Waals surface area (Å²) in [5.74, 6) is -0.611. The van der Waals surface area contributed by atoms with E-state index in [0.717, 1.165) is 5.56 Å². The van der Waals surface area contributed by atoms with Gasteiger partial charge in [0.05, 0.1) is 13.7 Å². The van der Waals surface area contributed by atoms with Crippen molar-refractivity contribution < 1.29 is 23.8 Å². The van der Waals surface area contributed by atoms with Crippen molar-refractivity contribution in [1.29, 1.82) is 0 Å². The van der Waals surface area contributed by atoms with Gasteiger partial charge in [0.2, 0.25) is 0 Å². The van der Waals surface area contributed by atoms with Crippen molar-refractivity contribution in [3.63, 3.8) is 0 Å². The summed E-state index contributed by atoms with van der Waals surface area (Å²) in [4.78, 5) is 25.0. The molecule has 0 saturated carbocycles. The first-order valence-corrected chi connectivity index (χ1v) is 8.84. The fourth-order valence-electron chi connectivity index (χ4n) is 2.68. The minimum absolute atomic E-state index is 0.142. The maximum absolute atomic E-state index is 12.5. The highest BCUT2D eigenvalue weighted by Crippen LogP contribution is 2.23. The van der Waals surface area contributed by atoms with Crippen LogP contribution in [0.15, 0.2) is 78.9 Å². The van der Waals surface area contributed by atoms with Crippen LogP contribution < -0.4 is 9.47 Å². The number of hydrogen-bond donors (Lipinski definition) is 0. The molecule has 0 atom stereocenters. The molecular weight excluding hydrogens is 356 g/mol. The van der Waals surface area contributed by atoms with Crippen LogP contribution in [0.5, 0.6) is 11.5 Å². The van der Waals surface area contributed by atoms with Gasteiger partial charge in [0.15, 0.2) is 0 Å². The van der Waals surface area contributed by atoms with Gasteiger partial charge in [-0.05, 0) is 29.8 Å². The highest BCUT2D eigenvalue weighted by Gasteiger charge is 2.19. The first kappa shape index (κ1) is 19.2. The Labute approximate surface area is 163 Å². The van der Waals surface area contributed by atoms with Gasteiger partial charge in [-0.2, -0.15) is 0 Å². The third kappa shape index (κ3) is 4.76. The van der Waals surface area contributed by atoms with Crippen LogP contribution in [0.1, 0.15) is 26.3 Å². The molecule has 0 N–H and O–H groups in total. The Bertz CT molecular complexity index is 950. The van der Waals surface area contributed by atoms with E-state index < -0.39 is 11.9 Å². The van der Waals surface area contributed by atoms with Gasteiger partial charge in [-0.15, -0.1) is 0 Å². The third-order valence-electron chi connectivity index (χ3n) is 4.10. The van der Waals surface area contributed by atoms with Crippen molar-refractivity contribution in [2.24, 2.45) is 0 Å². The SMILES string of the molecule is COc1ccccc1C(=O)Oc1ccccc1C(=O)OCCc1ccccc1. The first-order valence-electron chi connectivity index (χ1n) is 8.84. The molecule has 5 heteroatoms. The summed E-state index contributed by atoms with van der Waals surface area (Å²) in [6, 6.07) is 23.0. The van der Waals surface area contributed by atoms with E-state index in [9.17, 15) is 9.59 Å². The average Bonchev–Trinajstić information content (AvgIpc) is 2.74. The lowest BCUT2D eigenvalue weighted by atomic mass is 10.1. The van der Waals surface area contributed by atoms with Crippen LogP contribution in [0.4, 0.5) is 0 Å². The predicted octanol–water partition coefficient (Wildman–Crippen LogP) is 4.31. The summed E-state index contributed by atoms with van der Waals surface area (Å²) in [7, 11) is 1.48. The number of rotatable bonds is 7. The second-order valence-corrected chi connectivity index (χ2v) is 5.96. The molecule has 5 nitrogen and oxygen atoms in total. The second-order valence-electron chi connectivity index (χ2n) is 5.96. The summed E-state index contributed by atoms with van der Waals surface area (Å²) in [5.41, 5.74) is 1.54. The number of carbonyl (C=O) groups is 2. The quantitative estimate of drug-likeness (QED) is 0.454. The van der Waals surface area contributed by atoms with Gasteiger partial charge in [-0.1, -0.05) is 54.6 Å². The van der Waals surface area contributed by atoms with Crippen molar-refractivity contribution in [3.8, 4) is 11.5 Å². The van der Waals surface area contributed by atoms with E-state index in [0.29, 0.717) is 12.2 Å². The molecule has 0 bridgehead atoms. The maximum atomic E-state index is 12.5. The standard InChI is InChI=1S/C23H20O5/c1-26-20-13-7-5-11-18(20)23(25)28-21-14-8-6-12-19(21)22(24)27-16-15-17-9-3-2-4-10-17/h2-14H,15-16H2,1H3. The summed E-state index contributed by atoms with van der Waals surface area (Å²) in [6.45, 7) is 0.234. The molecule has 0 aliphatic rings. The van der Waals surface area contributed by atoms with Crippen molar-refractivity contribution in [1.82, 2.24) is 0 Å². The zero-order valence-corrected chi connectivity index (χ0v) is 15.5.